The molecule has 0 spiro atoms. The fraction of sp³-hybridized carbons (Fsp3) is 0.174. The van der Waals surface area contributed by atoms with Crippen molar-refractivity contribution in [3.05, 3.63) is 88.6 Å². The summed E-state index contributed by atoms with van der Waals surface area (Å²) in [7, 11) is -2.59. The van der Waals surface area contributed by atoms with Gasteiger partial charge in [0.05, 0.1) is 6.61 Å². The molecule has 0 aliphatic heterocycles. The summed E-state index contributed by atoms with van der Waals surface area (Å²) in [5.41, 5.74) is 1.29. The second-order valence-corrected chi connectivity index (χ2v) is 9.45. The van der Waals surface area contributed by atoms with E-state index >= 15 is 0 Å². The number of nitrogens with one attached hydrogen (secondary N) is 1. The van der Waals surface area contributed by atoms with Crippen LogP contribution in [0.5, 0.6) is 5.75 Å². The summed E-state index contributed by atoms with van der Waals surface area (Å²) in [4.78, 5) is 14.2. The van der Waals surface area contributed by atoms with Crippen molar-refractivity contribution in [2.45, 2.75) is 11.4 Å². The number of amides is 2. The third-order valence-corrected chi connectivity index (χ3v) is 6.32. The van der Waals surface area contributed by atoms with E-state index in [0.29, 0.717) is 24.4 Å². The molecule has 0 atom stereocenters. The van der Waals surface area contributed by atoms with Gasteiger partial charge in [-0.25, -0.2) is 9.18 Å². The van der Waals surface area contributed by atoms with E-state index in [-0.39, 0.29) is 23.2 Å². The molecule has 0 heterocycles. The lowest BCUT2D eigenvalue weighted by atomic mass is 10.2. The van der Waals surface area contributed by atoms with E-state index in [0.717, 1.165) is 28.7 Å². The van der Waals surface area contributed by atoms with Gasteiger partial charge in [0.2, 0.25) is 0 Å². The van der Waals surface area contributed by atoms with Crippen molar-refractivity contribution in [3.8, 4) is 5.75 Å². The number of halogens is 2. The molecule has 1 N–H and O–H groups in total. The molecule has 0 aliphatic rings. The second-order valence-electron chi connectivity index (χ2n) is 6.99. The molecule has 0 saturated carbocycles. The van der Waals surface area contributed by atoms with Gasteiger partial charge in [-0.15, -0.1) is 0 Å². The Morgan fingerprint density at radius 1 is 1.06 bits per heavy atom. The highest BCUT2D eigenvalue weighted by Crippen LogP contribution is 2.21. The van der Waals surface area contributed by atoms with Crippen molar-refractivity contribution in [1.29, 1.82) is 0 Å². The molecule has 2 amide bonds. The summed E-state index contributed by atoms with van der Waals surface area (Å²) in [5, 5.41) is 2.83. The number of benzene rings is 3. The van der Waals surface area contributed by atoms with Crippen LogP contribution in [0.1, 0.15) is 5.56 Å². The minimum atomic E-state index is -4.13. The first-order chi connectivity index (χ1) is 15.8. The lowest BCUT2D eigenvalue weighted by molar-refractivity contribution is 0.153. The Bertz CT molecular complexity index is 1190. The van der Waals surface area contributed by atoms with Crippen molar-refractivity contribution in [2.24, 2.45) is 0 Å². The molecule has 3 aromatic carbocycles. The molecule has 0 radical (unpaired) electrons. The molecule has 7 nitrogen and oxygen atoms in total. The number of carbonyl (C=O) groups is 1. The standard InChI is InChI=1S/C23H22BrFN2O5S/c1-31-14-13-27(23(28)26-20-9-5-18(24)6-10-20)16-17-3-2-4-21(15-17)32-33(29,30)22-11-7-19(25)8-12-22/h2-12,15H,13-14,16H2,1H3,(H,26,28). The summed E-state index contributed by atoms with van der Waals surface area (Å²) in [6, 6.07) is 17.6. The van der Waals surface area contributed by atoms with Crippen LogP contribution in [0.2, 0.25) is 0 Å². The smallest absolute Gasteiger partial charge is 0.339 e. The van der Waals surface area contributed by atoms with E-state index in [1.165, 1.54) is 12.1 Å². The van der Waals surface area contributed by atoms with Crippen LogP contribution in [0.15, 0.2) is 82.2 Å². The summed E-state index contributed by atoms with van der Waals surface area (Å²) in [5.74, 6) is -0.467. The molecule has 3 aromatic rings. The van der Waals surface area contributed by atoms with Gasteiger partial charge in [-0.1, -0.05) is 28.1 Å². The first kappa shape index (κ1) is 24.7. The predicted octanol–water partition coefficient (Wildman–Crippen LogP) is 5.04. The zero-order valence-corrected chi connectivity index (χ0v) is 20.1. The van der Waals surface area contributed by atoms with Crippen molar-refractivity contribution in [3.63, 3.8) is 0 Å². The van der Waals surface area contributed by atoms with E-state index < -0.39 is 15.9 Å². The minimum absolute atomic E-state index is 0.0804. The van der Waals surface area contributed by atoms with Gasteiger partial charge in [-0.3, -0.25) is 0 Å². The largest absolute Gasteiger partial charge is 0.383 e. The fourth-order valence-corrected chi connectivity index (χ4v) is 4.07. The van der Waals surface area contributed by atoms with Gasteiger partial charge in [0.25, 0.3) is 0 Å². The Kier molecular flexibility index (Phi) is 8.43. The van der Waals surface area contributed by atoms with Crippen molar-refractivity contribution >= 4 is 37.8 Å². The topological polar surface area (TPSA) is 84.9 Å². The van der Waals surface area contributed by atoms with E-state index in [2.05, 4.69) is 21.2 Å². The van der Waals surface area contributed by atoms with Gasteiger partial charge in [-0.2, -0.15) is 8.42 Å². The first-order valence-corrected chi connectivity index (χ1v) is 12.1. The summed E-state index contributed by atoms with van der Waals surface area (Å²) < 4.78 is 49.3. The first-order valence-electron chi connectivity index (χ1n) is 9.86. The van der Waals surface area contributed by atoms with Crippen LogP contribution < -0.4 is 9.50 Å². The maximum absolute atomic E-state index is 13.1. The molecule has 0 saturated heterocycles. The SMILES string of the molecule is COCCN(Cc1cccc(OS(=O)(=O)c2ccc(F)cc2)c1)C(=O)Nc1ccc(Br)cc1. The van der Waals surface area contributed by atoms with Gasteiger partial charge < -0.3 is 19.1 Å². The summed E-state index contributed by atoms with van der Waals surface area (Å²) in [6.45, 7) is 0.834. The number of anilines is 1. The highest BCUT2D eigenvalue weighted by atomic mass is 79.9. The van der Waals surface area contributed by atoms with Crippen molar-refractivity contribution in [1.82, 2.24) is 4.90 Å². The van der Waals surface area contributed by atoms with Crippen LogP contribution >= 0.6 is 15.9 Å². The number of nitrogens with zero attached hydrogens (tertiary/aromatic N) is 1. The minimum Gasteiger partial charge on any atom is -0.383 e. The normalized spacial score (nSPS) is 11.1. The second kappa shape index (κ2) is 11.3. The molecule has 0 bridgehead atoms. The monoisotopic (exact) mass is 536 g/mol. The highest BCUT2D eigenvalue weighted by molar-refractivity contribution is 9.10. The van der Waals surface area contributed by atoms with Gasteiger partial charge in [-0.05, 0) is 66.2 Å². The van der Waals surface area contributed by atoms with Crippen LogP contribution in [0.3, 0.4) is 0 Å². The van der Waals surface area contributed by atoms with Gasteiger partial charge >= 0.3 is 16.1 Å². The van der Waals surface area contributed by atoms with Crippen LogP contribution in [-0.2, 0) is 21.4 Å². The molecular formula is C23H22BrFN2O5S. The lowest BCUT2D eigenvalue weighted by Crippen LogP contribution is -2.36. The summed E-state index contributed by atoms with van der Waals surface area (Å²) in [6.07, 6.45) is 0. The van der Waals surface area contributed by atoms with Crippen molar-refractivity contribution in [2.75, 3.05) is 25.6 Å². The third-order valence-electron chi connectivity index (χ3n) is 4.53. The molecule has 0 aliphatic carbocycles. The Balaban J connectivity index is 1.73. The Hall–Kier alpha value is -2.95. The molecule has 0 unspecified atom stereocenters. The fourth-order valence-electron chi connectivity index (χ4n) is 2.88. The van der Waals surface area contributed by atoms with Crippen LogP contribution in [0, 0.1) is 5.82 Å². The predicted molar refractivity (Wildman–Crippen MR) is 126 cm³/mol. The Morgan fingerprint density at radius 2 is 1.76 bits per heavy atom. The van der Waals surface area contributed by atoms with Gasteiger partial charge in [0.1, 0.15) is 16.5 Å². The Labute approximate surface area is 200 Å². The third kappa shape index (κ3) is 7.28. The van der Waals surface area contributed by atoms with Crippen LogP contribution in [-0.4, -0.2) is 39.6 Å². The maximum Gasteiger partial charge on any atom is 0.339 e. The van der Waals surface area contributed by atoms with Crippen LogP contribution in [0.4, 0.5) is 14.9 Å². The maximum atomic E-state index is 13.1. The van der Waals surface area contributed by atoms with E-state index in [1.54, 1.807) is 36.3 Å². The average Bonchev–Trinajstić information content (AvgIpc) is 2.78. The zero-order valence-electron chi connectivity index (χ0n) is 17.7. The molecule has 0 fully saturated rings. The lowest BCUT2D eigenvalue weighted by Gasteiger charge is -2.23. The quantitative estimate of drug-likeness (QED) is 0.387. The van der Waals surface area contributed by atoms with Gasteiger partial charge in [0.15, 0.2) is 0 Å². The zero-order chi connectivity index (χ0) is 23.8. The molecule has 3 rings (SSSR count). The average molecular weight is 537 g/mol. The van der Waals surface area contributed by atoms with E-state index in [9.17, 15) is 17.6 Å². The molecule has 0 aromatic heterocycles. The van der Waals surface area contributed by atoms with Gasteiger partial charge in [0, 0.05) is 30.4 Å². The number of urea groups is 1. The van der Waals surface area contributed by atoms with E-state index in [1.807, 2.05) is 12.1 Å². The van der Waals surface area contributed by atoms with Crippen molar-refractivity contribution < 1.29 is 26.5 Å². The number of methoxy groups -OCH3 is 1. The number of hydrogen-bond donors (Lipinski definition) is 1. The van der Waals surface area contributed by atoms with Crippen LogP contribution in [0.25, 0.3) is 0 Å². The molecule has 10 heteroatoms. The molecule has 174 valence electrons. The molecule has 33 heavy (non-hydrogen) atoms. The Morgan fingerprint density at radius 3 is 2.42 bits per heavy atom. The molecular weight excluding hydrogens is 515 g/mol. The number of ether oxygens (including phenoxy) is 1. The summed E-state index contributed by atoms with van der Waals surface area (Å²) >= 11 is 3.35. The highest BCUT2D eigenvalue weighted by Gasteiger charge is 2.18. The number of hydrogen-bond acceptors (Lipinski definition) is 5. The van der Waals surface area contributed by atoms with E-state index in [4.69, 9.17) is 8.92 Å². The number of rotatable bonds is 9. The number of carbonyl (C=O) groups excluding carboxylic acids is 1.